The molecule has 0 saturated carbocycles. The Morgan fingerprint density at radius 3 is 2.75 bits per heavy atom. The van der Waals surface area contributed by atoms with Crippen LogP contribution in [-0.2, 0) is 5.75 Å². The third kappa shape index (κ3) is 2.58. The number of hydrogen-bond donors (Lipinski definition) is 2. The molecule has 64 valence electrons. The van der Waals surface area contributed by atoms with Gasteiger partial charge in [-0.15, -0.1) is 0 Å². The van der Waals surface area contributed by atoms with Gasteiger partial charge < -0.3 is 5.73 Å². The molecule has 1 aromatic rings. The second-order valence-electron chi connectivity index (χ2n) is 2.58. The summed E-state index contributed by atoms with van der Waals surface area (Å²) >= 11 is 1.36. The molecule has 0 spiro atoms. The molecule has 0 fully saturated rings. The number of benzene rings is 1. The van der Waals surface area contributed by atoms with Crippen molar-refractivity contribution in [3.63, 3.8) is 0 Å². The van der Waals surface area contributed by atoms with E-state index in [1.807, 2.05) is 12.1 Å². The minimum absolute atomic E-state index is 0.179. The molecule has 0 aromatic heterocycles. The van der Waals surface area contributed by atoms with E-state index in [0.717, 1.165) is 5.75 Å². The van der Waals surface area contributed by atoms with E-state index in [2.05, 4.69) is 19.1 Å². The van der Waals surface area contributed by atoms with Crippen molar-refractivity contribution in [2.45, 2.75) is 12.7 Å². The minimum Gasteiger partial charge on any atom is -0.379 e. The SMILES string of the molecule is Cc1ccccc1CSC(=N)N. The number of nitrogens with one attached hydrogen (secondary N) is 1. The molecule has 0 saturated heterocycles. The Bertz CT molecular complexity index is 284. The molecule has 12 heavy (non-hydrogen) atoms. The molecule has 3 heteroatoms. The molecule has 1 aromatic carbocycles. The molecule has 0 heterocycles. The number of hydrogen-bond acceptors (Lipinski definition) is 2. The zero-order chi connectivity index (χ0) is 8.97. The van der Waals surface area contributed by atoms with Gasteiger partial charge in [-0.2, -0.15) is 0 Å². The molecule has 0 aliphatic rings. The van der Waals surface area contributed by atoms with Gasteiger partial charge in [0.1, 0.15) is 0 Å². The highest BCUT2D eigenvalue weighted by atomic mass is 32.2. The van der Waals surface area contributed by atoms with Gasteiger partial charge in [0.05, 0.1) is 0 Å². The standard InChI is InChI=1S/C9H12N2S/c1-7-4-2-3-5-8(7)6-12-9(10)11/h2-5H,6H2,1H3,(H3,10,11). The van der Waals surface area contributed by atoms with Crippen molar-refractivity contribution < 1.29 is 0 Å². The third-order valence-electron chi connectivity index (χ3n) is 1.64. The van der Waals surface area contributed by atoms with Crippen LogP contribution in [0.3, 0.4) is 0 Å². The van der Waals surface area contributed by atoms with E-state index in [0.29, 0.717) is 0 Å². The van der Waals surface area contributed by atoms with Gasteiger partial charge in [-0.25, -0.2) is 0 Å². The summed E-state index contributed by atoms with van der Waals surface area (Å²) in [5, 5.41) is 7.23. The Kier molecular flexibility index (Phi) is 3.17. The van der Waals surface area contributed by atoms with Gasteiger partial charge in [0.15, 0.2) is 5.17 Å². The number of rotatable bonds is 2. The fourth-order valence-corrected chi connectivity index (χ4v) is 1.56. The Morgan fingerprint density at radius 1 is 1.50 bits per heavy atom. The van der Waals surface area contributed by atoms with Crippen molar-refractivity contribution in [3.05, 3.63) is 35.4 Å². The first kappa shape index (κ1) is 9.13. The van der Waals surface area contributed by atoms with Crippen LogP contribution < -0.4 is 5.73 Å². The van der Waals surface area contributed by atoms with E-state index < -0.39 is 0 Å². The fraction of sp³-hybridized carbons (Fsp3) is 0.222. The van der Waals surface area contributed by atoms with Gasteiger partial charge >= 0.3 is 0 Å². The summed E-state index contributed by atoms with van der Waals surface area (Å²) in [7, 11) is 0. The predicted octanol–water partition coefficient (Wildman–Crippen LogP) is 2.12. The van der Waals surface area contributed by atoms with E-state index in [4.69, 9.17) is 11.1 Å². The van der Waals surface area contributed by atoms with Gasteiger partial charge in [-0.3, -0.25) is 5.41 Å². The first-order valence-corrected chi connectivity index (χ1v) is 4.70. The average Bonchev–Trinajstić information content (AvgIpc) is 2.03. The number of aryl methyl sites for hydroxylation is 1. The first-order valence-electron chi connectivity index (χ1n) is 3.71. The zero-order valence-electron chi connectivity index (χ0n) is 7.00. The second kappa shape index (κ2) is 4.16. The topological polar surface area (TPSA) is 49.9 Å². The first-order chi connectivity index (χ1) is 5.70. The van der Waals surface area contributed by atoms with Gasteiger partial charge in [0.25, 0.3) is 0 Å². The normalized spacial score (nSPS) is 9.75. The third-order valence-corrected chi connectivity index (χ3v) is 2.41. The van der Waals surface area contributed by atoms with Crippen molar-refractivity contribution in [1.29, 1.82) is 5.41 Å². The molecular weight excluding hydrogens is 168 g/mol. The summed E-state index contributed by atoms with van der Waals surface area (Å²) in [5.74, 6) is 0.794. The van der Waals surface area contributed by atoms with Crippen LogP contribution in [0.25, 0.3) is 0 Å². The van der Waals surface area contributed by atoms with Crippen molar-refractivity contribution in [2.75, 3.05) is 0 Å². The largest absolute Gasteiger partial charge is 0.379 e. The summed E-state index contributed by atoms with van der Waals surface area (Å²) in [6, 6.07) is 8.14. The molecule has 0 aliphatic heterocycles. The summed E-state index contributed by atoms with van der Waals surface area (Å²) in [6.07, 6.45) is 0. The highest BCUT2D eigenvalue weighted by molar-refractivity contribution is 8.13. The van der Waals surface area contributed by atoms with Gasteiger partial charge in [-0.1, -0.05) is 36.0 Å². The van der Waals surface area contributed by atoms with Crippen LogP contribution in [-0.4, -0.2) is 5.17 Å². The molecule has 1 rings (SSSR count). The smallest absolute Gasteiger partial charge is 0.151 e. The van der Waals surface area contributed by atoms with Crippen LogP contribution in [0, 0.1) is 12.3 Å². The van der Waals surface area contributed by atoms with Crippen molar-refractivity contribution in [3.8, 4) is 0 Å². The Morgan fingerprint density at radius 2 is 2.17 bits per heavy atom. The van der Waals surface area contributed by atoms with E-state index >= 15 is 0 Å². The van der Waals surface area contributed by atoms with E-state index in [-0.39, 0.29) is 5.17 Å². The number of amidine groups is 1. The maximum absolute atomic E-state index is 7.05. The lowest BCUT2D eigenvalue weighted by molar-refractivity contribution is 1.31. The van der Waals surface area contributed by atoms with Crippen molar-refractivity contribution in [1.82, 2.24) is 0 Å². The van der Waals surface area contributed by atoms with Crippen LogP contribution in [0.15, 0.2) is 24.3 Å². The fourth-order valence-electron chi connectivity index (χ4n) is 0.928. The molecular formula is C9H12N2S. The highest BCUT2D eigenvalue weighted by Crippen LogP contribution is 2.14. The van der Waals surface area contributed by atoms with Gasteiger partial charge in [0, 0.05) is 5.75 Å². The predicted molar refractivity (Wildman–Crippen MR) is 54.4 cm³/mol. The molecule has 0 amide bonds. The second-order valence-corrected chi connectivity index (χ2v) is 3.60. The quantitative estimate of drug-likeness (QED) is 0.541. The van der Waals surface area contributed by atoms with Crippen LogP contribution in [0.2, 0.25) is 0 Å². The van der Waals surface area contributed by atoms with Crippen molar-refractivity contribution >= 4 is 16.9 Å². The van der Waals surface area contributed by atoms with Gasteiger partial charge in [-0.05, 0) is 18.1 Å². The van der Waals surface area contributed by atoms with Crippen LogP contribution >= 0.6 is 11.8 Å². The van der Waals surface area contributed by atoms with Crippen LogP contribution in [0.4, 0.5) is 0 Å². The maximum Gasteiger partial charge on any atom is 0.151 e. The molecule has 0 atom stereocenters. The monoisotopic (exact) mass is 180 g/mol. The molecule has 0 aliphatic carbocycles. The molecule has 2 nitrogen and oxygen atoms in total. The van der Waals surface area contributed by atoms with E-state index in [1.54, 1.807) is 0 Å². The number of nitrogens with two attached hydrogens (primary N) is 1. The van der Waals surface area contributed by atoms with Crippen LogP contribution in [0.1, 0.15) is 11.1 Å². The summed E-state index contributed by atoms with van der Waals surface area (Å²) < 4.78 is 0. The van der Waals surface area contributed by atoms with E-state index in [1.165, 1.54) is 22.9 Å². The average molecular weight is 180 g/mol. The summed E-state index contributed by atoms with van der Waals surface area (Å²) in [4.78, 5) is 0. The maximum atomic E-state index is 7.05. The lowest BCUT2D eigenvalue weighted by Crippen LogP contribution is -2.04. The molecule has 0 radical (unpaired) electrons. The lowest BCUT2D eigenvalue weighted by atomic mass is 10.1. The molecule has 3 N–H and O–H groups in total. The minimum atomic E-state index is 0.179. The Labute approximate surface area is 76.7 Å². The van der Waals surface area contributed by atoms with Gasteiger partial charge in [0.2, 0.25) is 0 Å². The van der Waals surface area contributed by atoms with E-state index in [9.17, 15) is 0 Å². The van der Waals surface area contributed by atoms with Crippen molar-refractivity contribution in [2.24, 2.45) is 5.73 Å². The zero-order valence-corrected chi connectivity index (χ0v) is 7.82. The Hall–Kier alpha value is -0.960. The highest BCUT2D eigenvalue weighted by Gasteiger charge is 1.97. The number of thioether (sulfide) groups is 1. The van der Waals surface area contributed by atoms with Crippen LogP contribution in [0.5, 0.6) is 0 Å². The molecule has 0 bridgehead atoms. The Balaban J connectivity index is 2.63. The molecule has 0 unspecified atom stereocenters. The lowest BCUT2D eigenvalue weighted by Gasteiger charge is -2.02. The summed E-state index contributed by atoms with van der Waals surface area (Å²) in [5.41, 5.74) is 7.74. The summed E-state index contributed by atoms with van der Waals surface area (Å²) in [6.45, 7) is 2.07.